The zero-order valence-electron chi connectivity index (χ0n) is 15.0. The van der Waals surface area contributed by atoms with Gasteiger partial charge in [0.1, 0.15) is 6.04 Å². The van der Waals surface area contributed by atoms with Gasteiger partial charge < -0.3 is 10.0 Å². The van der Waals surface area contributed by atoms with Crippen LogP contribution in [0.2, 0.25) is 0 Å². The normalized spacial score (nSPS) is 20.6. The number of aryl methyl sites for hydroxylation is 1. The minimum atomic E-state index is -0.801. The van der Waals surface area contributed by atoms with Crippen molar-refractivity contribution in [1.82, 2.24) is 9.80 Å². The molecule has 25 heavy (non-hydrogen) atoms. The lowest BCUT2D eigenvalue weighted by Crippen LogP contribution is -2.44. The quantitative estimate of drug-likeness (QED) is 0.892. The van der Waals surface area contributed by atoms with Crippen molar-refractivity contribution >= 4 is 11.9 Å². The third-order valence-corrected chi connectivity index (χ3v) is 5.63. The predicted octanol–water partition coefficient (Wildman–Crippen LogP) is 2.71. The molecule has 1 N–H and O–H groups in total. The fraction of sp³-hybridized carbons (Fsp3) is 0.600. The number of carboxylic acids is 1. The molecule has 0 saturated carbocycles. The van der Waals surface area contributed by atoms with E-state index in [2.05, 4.69) is 6.92 Å². The average Bonchev–Trinajstić information content (AvgIpc) is 3.17. The third-order valence-electron chi connectivity index (χ3n) is 5.63. The monoisotopic (exact) mass is 344 g/mol. The van der Waals surface area contributed by atoms with E-state index in [0.717, 1.165) is 56.3 Å². The van der Waals surface area contributed by atoms with E-state index in [1.54, 1.807) is 0 Å². The summed E-state index contributed by atoms with van der Waals surface area (Å²) in [6, 6.07) is 7.20. The Bertz CT molecular complexity index is 617. The molecule has 2 aliphatic heterocycles. The van der Waals surface area contributed by atoms with E-state index in [9.17, 15) is 14.7 Å². The Balaban J connectivity index is 1.69. The number of aliphatic carboxylic acids is 1. The Morgan fingerprint density at radius 2 is 1.76 bits per heavy atom. The van der Waals surface area contributed by atoms with E-state index in [4.69, 9.17) is 0 Å². The molecule has 0 aromatic heterocycles. The van der Waals surface area contributed by atoms with Gasteiger partial charge in [0.05, 0.1) is 0 Å². The SMILES string of the molecule is CCc1ccccc1[C@@H](C(=O)O)N1CCC(C(=O)N2CCCC2)CC1. The fourth-order valence-electron chi connectivity index (χ4n) is 4.21. The molecule has 2 fully saturated rings. The van der Waals surface area contributed by atoms with E-state index < -0.39 is 12.0 Å². The van der Waals surface area contributed by atoms with Crippen LogP contribution in [0.15, 0.2) is 24.3 Å². The van der Waals surface area contributed by atoms with Gasteiger partial charge in [-0.05, 0) is 43.2 Å². The van der Waals surface area contributed by atoms with Crippen LogP contribution in [0.3, 0.4) is 0 Å². The molecule has 5 heteroatoms. The summed E-state index contributed by atoms with van der Waals surface area (Å²) >= 11 is 0. The number of piperidine rings is 1. The lowest BCUT2D eigenvalue weighted by atomic mass is 9.91. The zero-order valence-corrected chi connectivity index (χ0v) is 15.0. The Morgan fingerprint density at radius 3 is 2.36 bits per heavy atom. The zero-order chi connectivity index (χ0) is 17.8. The molecular weight excluding hydrogens is 316 g/mol. The smallest absolute Gasteiger partial charge is 0.325 e. The van der Waals surface area contributed by atoms with Gasteiger partial charge in [-0.2, -0.15) is 0 Å². The van der Waals surface area contributed by atoms with Crippen molar-refractivity contribution in [2.45, 2.75) is 45.1 Å². The lowest BCUT2D eigenvalue weighted by Gasteiger charge is -2.37. The first kappa shape index (κ1) is 17.9. The molecule has 0 bridgehead atoms. The molecular formula is C20H28N2O3. The van der Waals surface area contributed by atoms with Crippen LogP contribution < -0.4 is 0 Å². The molecule has 1 amide bonds. The number of hydrogen-bond acceptors (Lipinski definition) is 3. The molecule has 0 unspecified atom stereocenters. The van der Waals surface area contributed by atoms with E-state index in [-0.39, 0.29) is 11.8 Å². The fourth-order valence-corrected chi connectivity index (χ4v) is 4.21. The maximum absolute atomic E-state index is 12.6. The van der Waals surface area contributed by atoms with Crippen LogP contribution in [-0.4, -0.2) is 53.0 Å². The van der Waals surface area contributed by atoms with E-state index in [1.807, 2.05) is 34.1 Å². The maximum atomic E-state index is 12.6. The largest absolute Gasteiger partial charge is 0.480 e. The summed E-state index contributed by atoms with van der Waals surface area (Å²) in [6.07, 6.45) is 4.56. The number of carbonyl (C=O) groups is 2. The van der Waals surface area contributed by atoms with Crippen LogP contribution in [0.25, 0.3) is 0 Å². The number of carboxylic acid groups (broad SMARTS) is 1. The Hall–Kier alpha value is -1.88. The summed E-state index contributed by atoms with van der Waals surface area (Å²) in [5.41, 5.74) is 1.98. The number of likely N-dealkylation sites (tertiary alicyclic amines) is 2. The standard InChI is InChI=1S/C20H28N2O3/c1-2-15-7-3-4-8-17(15)18(20(24)25)21-13-9-16(10-14-21)19(23)22-11-5-6-12-22/h3-4,7-8,16,18H,2,5-6,9-14H2,1H3,(H,24,25)/t18-/m0/s1. The molecule has 2 saturated heterocycles. The molecule has 0 radical (unpaired) electrons. The van der Waals surface area contributed by atoms with Crippen molar-refractivity contribution in [2.75, 3.05) is 26.2 Å². The number of amides is 1. The minimum Gasteiger partial charge on any atom is -0.480 e. The summed E-state index contributed by atoms with van der Waals surface area (Å²) in [5.74, 6) is -0.464. The number of rotatable bonds is 5. The van der Waals surface area contributed by atoms with Gasteiger partial charge in [0.25, 0.3) is 0 Å². The van der Waals surface area contributed by atoms with Crippen molar-refractivity contribution in [3.05, 3.63) is 35.4 Å². The van der Waals surface area contributed by atoms with Crippen LogP contribution in [0, 0.1) is 5.92 Å². The first-order valence-electron chi connectivity index (χ1n) is 9.45. The van der Waals surface area contributed by atoms with Crippen LogP contribution in [0.1, 0.15) is 49.8 Å². The van der Waals surface area contributed by atoms with Crippen molar-refractivity contribution in [3.8, 4) is 0 Å². The molecule has 5 nitrogen and oxygen atoms in total. The molecule has 1 aromatic rings. The molecule has 2 aliphatic rings. The first-order chi connectivity index (χ1) is 12.1. The first-order valence-corrected chi connectivity index (χ1v) is 9.45. The lowest BCUT2D eigenvalue weighted by molar-refractivity contribution is -0.145. The maximum Gasteiger partial charge on any atom is 0.325 e. The molecule has 136 valence electrons. The van der Waals surface area contributed by atoms with Crippen LogP contribution >= 0.6 is 0 Å². The van der Waals surface area contributed by atoms with Gasteiger partial charge in [0.2, 0.25) is 5.91 Å². The highest BCUT2D eigenvalue weighted by atomic mass is 16.4. The van der Waals surface area contributed by atoms with Crippen LogP contribution in [-0.2, 0) is 16.0 Å². The van der Waals surface area contributed by atoms with E-state index in [1.165, 1.54) is 0 Å². The van der Waals surface area contributed by atoms with Gasteiger partial charge in [-0.1, -0.05) is 31.2 Å². The molecule has 1 aromatic carbocycles. The van der Waals surface area contributed by atoms with Gasteiger partial charge in [0.15, 0.2) is 0 Å². The van der Waals surface area contributed by atoms with Gasteiger partial charge in [-0.25, -0.2) is 0 Å². The molecule has 0 aliphatic carbocycles. The number of nitrogens with zero attached hydrogens (tertiary/aromatic N) is 2. The van der Waals surface area contributed by atoms with E-state index >= 15 is 0 Å². The van der Waals surface area contributed by atoms with Crippen molar-refractivity contribution in [2.24, 2.45) is 5.92 Å². The Morgan fingerprint density at radius 1 is 1.12 bits per heavy atom. The average molecular weight is 344 g/mol. The van der Waals surface area contributed by atoms with Crippen LogP contribution in [0.4, 0.5) is 0 Å². The minimum absolute atomic E-state index is 0.0604. The number of hydrogen-bond donors (Lipinski definition) is 1. The van der Waals surface area contributed by atoms with Crippen molar-refractivity contribution < 1.29 is 14.7 Å². The highest BCUT2D eigenvalue weighted by Gasteiger charge is 2.35. The summed E-state index contributed by atoms with van der Waals surface area (Å²) in [5, 5.41) is 9.83. The second kappa shape index (κ2) is 8.00. The number of benzene rings is 1. The number of carbonyl (C=O) groups excluding carboxylic acids is 1. The molecule has 0 spiro atoms. The van der Waals surface area contributed by atoms with Crippen LogP contribution in [0.5, 0.6) is 0 Å². The highest BCUT2D eigenvalue weighted by molar-refractivity contribution is 5.79. The molecule has 1 atom stereocenters. The van der Waals surface area contributed by atoms with Gasteiger partial charge in [0, 0.05) is 32.1 Å². The van der Waals surface area contributed by atoms with Gasteiger partial charge in [-0.15, -0.1) is 0 Å². The second-order valence-electron chi connectivity index (χ2n) is 7.14. The second-order valence-corrected chi connectivity index (χ2v) is 7.14. The van der Waals surface area contributed by atoms with Crippen molar-refractivity contribution in [1.29, 1.82) is 0 Å². The summed E-state index contributed by atoms with van der Waals surface area (Å²) < 4.78 is 0. The summed E-state index contributed by atoms with van der Waals surface area (Å²) in [6.45, 7) is 5.17. The Labute approximate surface area is 149 Å². The molecule has 2 heterocycles. The molecule has 3 rings (SSSR count). The third kappa shape index (κ3) is 3.87. The summed E-state index contributed by atoms with van der Waals surface area (Å²) in [4.78, 5) is 28.6. The van der Waals surface area contributed by atoms with E-state index in [0.29, 0.717) is 13.1 Å². The summed E-state index contributed by atoms with van der Waals surface area (Å²) in [7, 11) is 0. The van der Waals surface area contributed by atoms with Gasteiger partial charge in [-0.3, -0.25) is 14.5 Å². The van der Waals surface area contributed by atoms with Crippen molar-refractivity contribution in [3.63, 3.8) is 0 Å². The Kier molecular flexibility index (Phi) is 5.74. The highest BCUT2D eigenvalue weighted by Crippen LogP contribution is 2.30. The van der Waals surface area contributed by atoms with Gasteiger partial charge >= 0.3 is 5.97 Å². The predicted molar refractivity (Wildman–Crippen MR) is 96.3 cm³/mol. The topological polar surface area (TPSA) is 60.9 Å².